The number of para-hydroxylation sites is 5. The first-order valence-corrected chi connectivity index (χ1v) is 12.2. The molecule has 2 atom stereocenters. The van der Waals surface area contributed by atoms with Crippen LogP contribution in [0.5, 0.6) is 11.5 Å². The number of methoxy groups -OCH3 is 1. The molecule has 4 aromatic rings. The van der Waals surface area contributed by atoms with Gasteiger partial charge in [-0.3, -0.25) is 4.79 Å². The number of imidazole rings is 1. The maximum atomic E-state index is 13.1. The molecule has 0 aliphatic carbocycles. The largest absolute Gasteiger partial charge is 0.495 e. The molecule has 1 aliphatic rings. The van der Waals surface area contributed by atoms with Crippen LogP contribution in [-0.4, -0.2) is 46.9 Å². The van der Waals surface area contributed by atoms with Gasteiger partial charge in [-0.25, -0.2) is 4.98 Å². The number of carbonyl (C=O) groups is 1. The van der Waals surface area contributed by atoms with Gasteiger partial charge in [-0.15, -0.1) is 0 Å². The van der Waals surface area contributed by atoms with Crippen LogP contribution in [0.3, 0.4) is 0 Å². The van der Waals surface area contributed by atoms with Crippen LogP contribution in [0.2, 0.25) is 0 Å². The highest BCUT2D eigenvalue weighted by molar-refractivity contribution is 5.97. The third-order valence-electron chi connectivity index (χ3n) is 6.77. The smallest absolute Gasteiger partial charge is 0.227 e. The Morgan fingerprint density at radius 1 is 1.03 bits per heavy atom. The number of carbonyl (C=O) groups excluding carboxylic acids is 1. The molecule has 0 radical (unpaired) electrons. The highest BCUT2D eigenvalue weighted by Gasteiger charge is 2.36. The lowest BCUT2D eigenvalue weighted by Gasteiger charge is -2.21. The Morgan fingerprint density at radius 2 is 1.75 bits per heavy atom. The summed E-state index contributed by atoms with van der Waals surface area (Å²) in [6.07, 6.45) is -0.404. The van der Waals surface area contributed by atoms with Gasteiger partial charge in [0.1, 0.15) is 30.0 Å². The minimum Gasteiger partial charge on any atom is -0.495 e. The molecule has 7 heteroatoms. The first kappa shape index (κ1) is 23.9. The summed E-state index contributed by atoms with van der Waals surface area (Å²) in [4.78, 5) is 19.7. The number of rotatable bonds is 8. The van der Waals surface area contributed by atoms with Crippen molar-refractivity contribution in [2.24, 2.45) is 0 Å². The molecule has 0 unspecified atom stereocenters. The van der Waals surface area contributed by atoms with Crippen LogP contribution in [0, 0.1) is 13.8 Å². The van der Waals surface area contributed by atoms with E-state index in [9.17, 15) is 9.90 Å². The Balaban J connectivity index is 1.40. The molecule has 0 saturated carbocycles. The van der Waals surface area contributed by atoms with Crippen molar-refractivity contribution < 1.29 is 19.4 Å². The molecular formula is C29H31N3O4. The van der Waals surface area contributed by atoms with Gasteiger partial charge in [0.05, 0.1) is 30.4 Å². The summed E-state index contributed by atoms with van der Waals surface area (Å²) in [7, 11) is 1.61. The maximum absolute atomic E-state index is 13.1. The number of aliphatic hydroxyl groups is 1. The lowest BCUT2D eigenvalue weighted by atomic mass is 10.1. The van der Waals surface area contributed by atoms with Gasteiger partial charge in [0.15, 0.2) is 0 Å². The Labute approximate surface area is 210 Å². The van der Waals surface area contributed by atoms with Crippen LogP contribution < -0.4 is 14.4 Å². The summed E-state index contributed by atoms with van der Waals surface area (Å²) in [6.45, 7) is 4.98. The molecule has 36 heavy (non-hydrogen) atoms. The molecule has 1 saturated heterocycles. The van der Waals surface area contributed by atoms with Crippen molar-refractivity contribution in [1.82, 2.24) is 9.55 Å². The van der Waals surface area contributed by atoms with E-state index in [0.29, 0.717) is 25.3 Å². The van der Waals surface area contributed by atoms with E-state index >= 15 is 0 Å². The molecule has 7 nitrogen and oxygen atoms in total. The lowest BCUT2D eigenvalue weighted by molar-refractivity contribution is -0.117. The molecule has 1 fully saturated rings. The second-order valence-corrected chi connectivity index (χ2v) is 9.33. The van der Waals surface area contributed by atoms with Crippen molar-refractivity contribution in [2.45, 2.75) is 38.8 Å². The summed E-state index contributed by atoms with van der Waals surface area (Å²) in [6, 6.07) is 21.4. The average Bonchev–Trinajstić information content (AvgIpc) is 3.44. The fourth-order valence-corrected chi connectivity index (χ4v) is 5.03. The summed E-state index contributed by atoms with van der Waals surface area (Å²) >= 11 is 0. The zero-order chi connectivity index (χ0) is 25.2. The van der Waals surface area contributed by atoms with E-state index in [4.69, 9.17) is 14.5 Å². The average molecular weight is 486 g/mol. The minimum absolute atomic E-state index is 0.0296. The monoisotopic (exact) mass is 485 g/mol. The Morgan fingerprint density at radius 3 is 2.53 bits per heavy atom. The van der Waals surface area contributed by atoms with Crippen molar-refractivity contribution >= 4 is 22.6 Å². The number of anilines is 1. The summed E-state index contributed by atoms with van der Waals surface area (Å²) in [5, 5.41) is 11.0. The third-order valence-corrected chi connectivity index (χ3v) is 6.77. The quantitative estimate of drug-likeness (QED) is 0.394. The van der Waals surface area contributed by atoms with Crippen LogP contribution in [0.4, 0.5) is 5.69 Å². The minimum atomic E-state index is -0.747. The summed E-state index contributed by atoms with van der Waals surface area (Å²) in [5.41, 5.74) is 4.62. The van der Waals surface area contributed by atoms with Gasteiger partial charge in [-0.1, -0.05) is 42.5 Å². The van der Waals surface area contributed by atoms with Gasteiger partial charge in [0.2, 0.25) is 5.91 Å². The number of benzene rings is 3. The molecular weight excluding hydrogens is 454 g/mol. The number of aliphatic hydroxyl groups excluding tert-OH is 1. The van der Waals surface area contributed by atoms with E-state index in [1.165, 1.54) is 0 Å². The van der Waals surface area contributed by atoms with Crippen molar-refractivity contribution in [3.63, 3.8) is 0 Å². The second kappa shape index (κ2) is 10.0. The first-order chi connectivity index (χ1) is 17.5. The zero-order valence-electron chi connectivity index (χ0n) is 20.8. The standard InChI is InChI=1S/C29H31N3O4/c1-19-9-8-10-20(2)28(19)36-18-22(33)17-32-24-12-5-4-11-23(24)30-29(32)21-15-27(34)31(16-21)25-13-6-7-14-26(25)35-3/h4-14,21-22,33H,15-18H2,1-3H3/t21-,22-/m1/s1. The molecule has 186 valence electrons. The molecule has 2 heterocycles. The van der Waals surface area contributed by atoms with Crippen LogP contribution in [0.1, 0.15) is 29.3 Å². The summed E-state index contributed by atoms with van der Waals surface area (Å²) < 4.78 is 13.5. The van der Waals surface area contributed by atoms with E-state index in [2.05, 4.69) is 0 Å². The van der Waals surface area contributed by atoms with E-state index < -0.39 is 6.10 Å². The Bertz CT molecular complexity index is 1380. The van der Waals surface area contributed by atoms with Crippen LogP contribution >= 0.6 is 0 Å². The predicted octanol–water partition coefficient (Wildman–Crippen LogP) is 4.62. The fourth-order valence-electron chi connectivity index (χ4n) is 5.03. The number of ether oxygens (including phenoxy) is 2. The highest BCUT2D eigenvalue weighted by Crippen LogP contribution is 2.37. The number of aromatic nitrogens is 2. The van der Waals surface area contributed by atoms with Crippen LogP contribution in [-0.2, 0) is 11.3 Å². The molecule has 0 bridgehead atoms. The SMILES string of the molecule is COc1ccccc1N1C[C@H](c2nc3ccccc3n2C[C@@H](O)COc2c(C)cccc2C)CC1=O. The van der Waals surface area contributed by atoms with Crippen LogP contribution in [0.15, 0.2) is 66.7 Å². The predicted molar refractivity (Wildman–Crippen MR) is 140 cm³/mol. The zero-order valence-corrected chi connectivity index (χ0v) is 20.8. The van der Waals surface area contributed by atoms with Crippen LogP contribution in [0.25, 0.3) is 11.0 Å². The Kier molecular flexibility index (Phi) is 6.65. The molecule has 1 aromatic heterocycles. The van der Waals surface area contributed by atoms with Gasteiger partial charge in [0.25, 0.3) is 0 Å². The third kappa shape index (κ3) is 4.54. The van der Waals surface area contributed by atoms with Crippen molar-refractivity contribution in [1.29, 1.82) is 0 Å². The molecule has 0 spiro atoms. The van der Waals surface area contributed by atoms with Crippen molar-refractivity contribution in [2.75, 3.05) is 25.2 Å². The maximum Gasteiger partial charge on any atom is 0.227 e. The van der Waals surface area contributed by atoms with Gasteiger partial charge in [-0.2, -0.15) is 0 Å². The van der Waals surface area contributed by atoms with E-state index in [1.54, 1.807) is 12.0 Å². The number of hydrogen-bond acceptors (Lipinski definition) is 5. The summed E-state index contributed by atoms with van der Waals surface area (Å²) in [5.74, 6) is 2.19. The van der Waals surface area contributed by atoms with Gasteiger partial charge in [0, 0.05) is 18.9 Å². The van der Waals surface area contributed by atoms with E-state index in [-0.39, 0.29) is 18.4 Å². The lowest BCUT2D eigenvalue weighted by Crippen LogP contribution is -2.27. The number of amides is 1. The molecule has 1 N–H and O–H groups in total. The highest BCUT2D eigenvalue weighted by atomic mass is 16.5. The second-order valence-electron chi connectivity index (χ2n) is 9.33. The van der Waals surface area contributed by atoms with Gasteiger partial charge >= 0.3 is 0 Å². The molecule has 1 amide bonds. The first-order valence-electron chi connectivity index (χ1n) is 12.2. The topological polar surface area (TPSA) is 76.8 Å². The number of hydrogen-bond donors (Lipinski definition) is 1. The molecule has 5 rings (SSSR count). The Hall–Kier alpha value is -3.84. The van der Waals surface area contributed by atoms with Crippen molar-refractivity contribution in [3.05, 3.63) is 83.7 Å². The van der Waals surface area contributed by atoms with E-state index in [1.807, 2.05) is 85.1 Å². The number of nitrogens with zero attached hydrogens (tertiary/aromatic N) is 3. The van der Waals surface area contributed by atoms with Gasteiger partial charge in [-0.05, 0) is 49.2 Å². The number of fused-ring (bicyclic) bond motifs is 1. The number of aryl methyl sites for hydroxylation is 2. The molecule has 1 aliphatic heterocycles. The van der Waals surface area contributed by atoms with Gasteiger partial charge < -0.3 is 24.0 Å². The van der Waals surface area contributed by atoms with E-state index in [0.717, 1.165) is 39.4 Å². The molecule has 3 aromatic carbocycles. The normalized spacial score (nSPS) is 16.5. The fraction of sp³-hybridized carbons (Fsp3) is 0.310. The van der Waals surface area contributed by atoms with Crippen molar-refractivity contribution in [3.8, 4) is 11.5 Å².